The lowest BCUT2D eigenvalue weighted by Gasteiger charge is -2.07. The van der Waals surface area contributed by atoms with Crippen LogP contribution < -0.4 is 11.1 Å². The first-order valence-corrected chi connectivity index (χ1v) is 5.92. The van der Waals surface area contributed by atoms with Crippen LogP contribution in [0.1, 0.15) is 11.3 Å². The number of aromatic nitrogens is 2. The van der Waals surface area contributed by atoms with Gasteiger partial charge in [0.05, 0.1) is 5.69 Å². The number of rotatable bonds is 3. The summed E-state index contributed by atoms with van der Waals surface area (Å²) in [5, 5.41) is 3.14. The van der Waals surface area contributed by atoms with Crippen LogP contribution in [0.2, 0.25) is 0 Å². The van der Waals surface area contributed by atoms with Gasteiger partial charge in [-0.1, -0.05) is 6.07 Å². The fourth-order valence-corrected chi connectivity index (χ4v) is 1.59. The lowest BCUT2D eigenvalue weighted by Crippen LogP contribution is -1.98. The number of anilines is 2. The molecule has 0 bridgehead atoms. The van der Waals surface area contributed by atoms with Crippen molar-refractivity contribution in [2.45, 2.75) is 6.92 Å². The Bertz CT molecular complexity index is 581. The zero-order valence-electron chi connectivity index (χ0n) is 9.96. The lowest BCUT2D eigenvalue weighted by molar-refractivity contribution is 1.22. The lowest BCUT2D eigenvalue weighted by atomic mass is 10.3. The van der Waals surface area contributed by atoms with Gasteiger partial charge in [-0.05, 0) is 36.8 Å². The van der Waals surface area contributed by atoms with E-state index < -0.39 is 0 Å². The predicted molar refractivity (Wildman–Crippen MR) is 77.6 cm³/mol. The molecule has 0 unspecified atom stereocenters. The number of hydrogen-bond acceptors (Lipinski definition) is 5. The molecular weight excluding hydrogens is 244 g/mol. The van der Waals surface area contributed by atoms with Crippen molar-refractivity contribution in [1.82, 2.24) is 9.97 Å². The monoisotopic (exact) mass is 258 g/mol. The molecule has 5 heteroatoms. The van der Waals surface area contributed by atoms with E-state index in [1.165, 1.54) is 6.20 Å². The summed E-state index contributed by atoms with van der Waals surface area (Å²) in [6, 6.07) is 9.50. The summed E-state index contributed by atoms with van der Waals surface area (Å²) in [5.41, 5.74) is 7.28. The van der Waals surface area contributed by atoms with Crippen LogP contribution in [-0.2, 0) is 0 Å². The molecule has 0 aliphatic carbocycles. The Morgan fingerprint density at radius 3 is 2.89 bits per heavy atom. The summed E-state index contributed by atoms with van der Waals surface area (Å²) >= 11 is 4.24. The van der Waals surface area contributed by atoms with Crippen LogP contribution >= 0.6 is 12.6 Å². The number of aryl methyl sites for hydroxylation is 1. The first-order valence-electron chi connectivity index (χ1n) is 5.47. The molecule has 2 heterocycles. The van der Waals surface area contributed by atoms with Crippen molar-refractivity contribution >= 4 is 29.2 Å². The Morgan fingerprint density at radius 1 is 1.33 bits per heavy atom. The van der Waals surface area contributed by atoms with Crippen molar-refractivity contribution in [3.63, 3.8) is 0 Å². The van der Waals surface area contributed by atoms with Crippen molar-refractivity contribution in [3.05, 3.63) is 54.0 Å². The largest absolute Gasteiger partial charge is 0.404 e. The van der Waals surface area contributed by atoms with Gasteiger partial charge in [0.25, 0.3) is 0 Å². The zero-order chi connectivity index (χ0) is 13.0. The number of nitrogens with zero attached hydrogens (tertiary/aromatic N) is 2. The average molecular weight is 258 g/mol. The molecule has 0 saturated carbocycles. The highest BCUT2D eigenvalue weighted by molar-refractivity contribution is 7.90. The number of pyridine rings is 2. The van der Waals surface area contributed by atoms with E-state index in [9.17, 15) is 0 Å². The maximum absolute atomic E-state index is 5.42. The van der Waals surface area contributed by atoms with Gasteiger partial charge >= 0.3 is 0 Å². The van der Waals surface area contributed by atoms with Gasteiger partial charge in [-0.3, -0.25) is 0 Å². The van der Waals surface area contributed by atoms with Crippen LogP contribution in [0.25, 0.3) is 4.91 Å². The van der Waals surface area contributed by atoms with E-state index in [1.54, 1.807) is 6.20 Å². The van der Waals surface area contributed by atoms with Gasteiger partial charge in [0.1, 0.15) is 11.6 Å². The highest BCUT2D eigenvalue weighted by Gasteiger charge is 2.01. The van der Waals surface area contributed by atoms with Gasteiger partial charge in [0.15, 0.2) is 0 Å². The molecule has 0 atom stereocenters. The second kappa shape index (κ2) is 5.55. The van der Waals surface area contributed by atoms with E-state index in [4.69, 9.17) is 5.73 Å². The quantitative estimate of drug-likeness (QED) is 0.741. The highest BCUT2D eigenvalue weighted by atomic mass is 32.1. The van der Waals surface area contributed by atoms with Gasteiger partial charge in [-0.2, -0.15) is 0 Å². The topological polar surface area (TPSA) is 63.8 Å². The maximum atomic E-state index is 5.42. The van der Waals surface area contributed by atoms with E-state index in [0.717, 1.165) is 17.1 Å². The third-order valence-corrected chi connectivity index (χ3v) is 2.72. The third kappa shape index (κ3) is 3.01. The fraction of sp³-hybridized carbons (Fsp3) is 0.0769. The van der Waals surface area contributed by atoms with Gasteiger partial charge in [-0.25, -0.2) is 9.97 Å². The van der Waals surface area contributed by atoms with E-state index >= 15 is 0 Å². The molecule has 4 nitrogen and oxygen atoms in total. The molecule has 0 aliphatic heterocycles. The summed E-state index contributed by atoms with van der Waals surface area (Å²) < 4.78 is 0. The molecule has 0 aliphatic rings. The van der Waals surface area contributed by atoms with Gasteiger partial charge in [-0.15, -0.1) is 12.6 Å². The fourth-order valence-electron chi connectivity index (χ4n) is 1.47. The molecule has 18 heavy (non-hydrogen) atoms. The zero-order valence-corrected chi connectivity index (χ0v) is 10.9. The number of thiol groups is 1. The standard InChI is InChI=1S/C13H14N4S/c1-9-5-6-15-13(7-9)17-12-4-2-3-10(16-12)11(18)8-14/h2-8,18H,14H2,1H3,(H,15,16,17)/b11-8-. The minimum atomic E-state index is 0.635. The Labute approximate surface area is 111 Å². The van der Waals surface area contributed by atoms with Gasteiger partial charge in [0, 0.05) is 17.3 Å². The minimum Gasteiger partial charge on any atom is -0.404 e. The SMILES string of the molecule is Cc1ccnc(Nc2cccc(/C(S)=C/N)n2)c1. The smallest absolute Gasteiger partial charge is 0.132 e. The van der Waals surface area contributed by atoms with Crippen LogP contribution in [0.5, 0.6) is 0 Å². The second-order valence-electron chi connectivity index (χ2n) is 3.80. The molecule has 0 amide bonds. The number of nitrogens with two attached hydrogens (primary N) is 1. The van der Waals surface area contributed by atoms with Crippen LogP contribution in [0, 0.1) is 6.92 Å². The molecule has 0 fully saturated rings. The van der Waals surface area contributed by atoms with Crippen molar-refractivity contribution in [3.8, 4) is 0 Å². The van der Waals surface area contributed by atoms with Crippen molar-refractivity contribution < 1.29 is 0 Å². The van der Waals surface area contributed by atoms with Crippen molar-refractivity contribution in [1.29, 1.82) is 0 Å². The van der Waals surface area contributed by atoms with Gasteiger partial charge in [0.2, 0.25) is 0 Å². The Kier molecular flexibility index (Phi) is 3.84. The van der Waals surface area contributed by atoms with Crippen molar-refractivity contribution in [2.75, 3.05) is 5.32 Å². The molecule has 0 radical (unpaired) electrons. The normalized spacial score (nSPS) is 11.3. The molecule has 3 N–H and O–H groups in total. The molecule has 2 rings (SSSR count). The number of hydrogen-bond donors (Lipinski definition) is 3. The summed E-state index contributed by atoms with van der Waals surface area (Å²) in [5.74, 6) is 1.47. The predicted octanol–water partition coefficient (Wildman–Crippen LogP) is 2.72. The van der Waals surface area contributed by atoms with Crippen LogP contribution in [0.15, 0.2) is 42.7 Å². The first-order chi connectivity index (χ1) is 8.69. The Balaban J connectivity index is 2.24. The van der Waals surface area contributed by atoms with Gasteiger partial charge < -0.3 is 11.1 Å². The van der Waals surface area contributed by atoms with Crippen LogP contribution in [0.3, 0.4) is 0 Å². The molecule has 0 saturated heterocycles. The van der Waals surface area contributed by atoms with E-state index in [-0.39, 0.29) is 0 Å². The molecule has 0 spiro atoms. The summed E-state index contributed by atoms with van der Waals surface area (Å²) in [4.78, 5) is 9.25. The van der Waals surface area contributed by atoms with E-state index in [1.807, 2.05) is 37.3 Å². The second-order valence-corrected chi connectivity index (χ2v) is 4.29. The van der Waals surface area contributed by atoms with E-state index in [2.05, 4.69) is 27.9 Å². The van der Waals surface area contributed by atoms with Crippen molar-refractivity contribution in [2.24, 2.45) is 5.73 Å². The maximum Gasteiger partial charge on any atom is 0.132 e. The van der Waals surface area contributed by atoms with E-state index in [0.29, 0.717) is 10.7 Å². The Morgan fingerprint density at radius 2 is 2.17 bits per heavy atom. The minimum absolute atomic E-state index is 0.635. The third-order valence-electron chi connectivity index (χ3n) is 2.34. The Hall–Kier alpha value is -2.01. The van der Waals surface area contributed by atoms with Crippen LogP contribution in [0.4, 0.5) is 11.6 Å². The molecule has 92 valence electrons. The highest BCUT2D eigenvalue weighted by Crippen LogP contribution is 2.18. The average Bonchev–Trinajstić information content (AvgIpc) is 2.38. The summed E-state index contributed by atoms with van der Waals surface area (Å²) in [6.45, 7) is 2.01. The molecular formula is C13H14N4S. The summed E-state index contributed by atoms with van der Waals surface area (Å²) in [6.07, 6.45) is 3.17. The first kappa shape index (κ1) is 12.4. The molecule has 2 aromatic heterocycles. The summed E-state index contributed by atoms with van der Waals surface area (Å²) in [7, 11) is 0. The molecule has 0 aromatic carbocycles. The van der Waals surface area contributed by atoms with Crippen LogP contribution in [-0.4, -0.2) is 9.97 Å². The molecule has 2 aromatic rings. The number of nitrogens with one attached hydrogen (secondary N) is 1.